The Labute approximate surface area is 158 Å². The van der Waals surface area contributed by atoms with E-state index in [0.717, 1.165) is 43.2 Å². The summed E-state index contributed by atoms with van der Waals surface area (Å²) in [7, 11) is 1.69. The fraction of sp³-hybridized carbons (Fsp3) is 0.526. The Kier molecular flexibility index (Phi) is 6.03. The lowest BCUT2D eigenvalue weighted by Crippen LogP contribution is -2.47. The summed E-state index contributed by atoms with van der Waals surface area (Å²) in [5, 5.41) is 11.1. The first-order valence-electron chi connectivity index (χ1n) is 9.31. The Hall–Kier alpha value is -2.51. The minimum absolute atomic E-state index is 0.191. The summed E-state index contributed by atoms with van der Waals surface area (Å²) < 4.78 is 28.9. The van der Waals surface area contributed by atoms with Gasteiger partial charge in [0.15, 0.2) is 11.8 Å². The van der Waals surface area contributed by atoms with Crippen LogP contribution in [0.25, 0.3) is 0 Å². The van der Waals surface area contributed by atoms with Crippen molar-refractivity contribution >= 4 is 5.96 Å². The Morgan fingerprint density at radius 3 is 2.93 bits per heavy atom. The SMILES string of the molecule is CN=C(NCCc1cc(F)ccc1F)NC1CCc2nc(C(C)C)nn2C1. The number of hydrogen-bond acceptors (Lipinski definition) is 3. The molecule has 1 aliphatic rings. The number of halogens is 2. The van der Waals surface area contributed by atoms with Crippen molar-refractivity contribution in [1.29, 1.82) is 0 Å². The number of aromatic nitrogens is 3. The van der Waals surface area contributed by atoms with Crippen molar-refractivity contribution < 1.29 is 8.78 Å². The van der Waals surface area contributed by atoms with Crippen LogP contribution in [0.4, 0.5) is 8.78 Å². The van der Waals surface area contributed by atoms with Crippen LogP contribution in [-0.4, -0.2) is 40.4 Å². The smallest absolute Gasteiger partial charge is 0.191 e. The van der Waals surface area contributed by atoms with Crippen LogP contribution >= 0.6 is 0 Å². The molecule has 2 heterocycles. The van der Waals surface area contributed by atoms with Gasteiger partial charge in [-0.25, -0.2) is 18.4 Å². The third kappa shape index (κ3) is 4.81. The van der Waals surface area contributed by atoms with E-state index in [1.807, 2.05) is 4.68 Å². The van der Waals surface area contributed by atoms with Gasteiger partial charge in [0, 0.05) is 32.0 Å². The van der Waals surface area contributed by atoms with Crippen LogP contribution in [0.15, 0.2) is 23.2 Å². The summed E-state index contributed by atoms with van der Waals surface area (Å²) >= 11 is 0. The van der Waals surface area contributed by atoms with Crippen LogP contribution in [0.5, 0.6) is 0 Å². The molecule has 0 amide bonds. The second-order valence-corrected chi connectivity index (χ2v) is 7.09. The predicted molar refractivity (Wildman–Crippen MR) is 101 cm³/mol. The van der Waals surface area contributed by atoms with Crippen LogP contribution in [0.3, 0.4) is 0 Å². The summed E-state index contributed by atoms with van der Waals surface area (Å²) in [6.45, 7) is 5.36. The van der Waals surface area contributed by atoms with Gasteiger partial charge in [-0.3, -0.25) is 4.99 Å². The molecule has 0 spiro atoms. The van der Waals surface area contributed by atoms with Crippen molar-refractivity contribution in [3.05, 3.63) is 47.0 Å². The largest absolute Gasteiger partial charge is 0.356 e. The molecule has 8 heteroatoms. The Bertz CT molecular complexity index is 815. The van der Waals surface area contributed by atoms with Crippen molar-refractivity contribution in [1.82, 2.24) is 25.4 Å². The zero-order valence-electron chi connectivity index (χ0n) is 16.0. The van der Waals surface area contributed by atoms with Crippen molar-refractivity contribution in [2.24, 2.45) is 4.99 Å². The molecule has 146 valence electrons. The average Bonchev–Trinajstić information content (AvgIpc) is 3.07. The normalized spacial score (nSPS) is 17.1. The molecule has 3 rings (SSSR count). The van der Waals surface area contributed by atoms with Gasteiger partial charge in [0.1, 0.15) is 17.5 Å². The number of aliphatic imine (C=N–C) groups is 1. The van der Waals surface area contributed by atoms with Gasteiger partial charge in [-0.2, -0.15) is 5.10 Å². The van der Waals surface area contributed by atoms with Gasteiger partial charge < -0.3 is 10.6 Å². The van der Waals surface area contributed by atoms with Crippen LogP contribution in [0.1, 0.15) is 43.4 Å². The van der Waals surface area contributed by atoms with Crippen LogP contribution < -0.4 is 10.6 Å². The predicted octanol–water partition coefficient (Wildman–Crippen LogP) is 2.40. The Morgan fingerprint density at radius 1 is 1.37 bits per heavy atom. The molecule has 1 atom stereocenters. The molecule has 2 N–H and O–H groups in total. The molecule has 0 bridgehead atoms. The Morgan fingerprint density at radius 2 is 2.19 bits per heavy atom. The van der Waals surface area contributed by atoms with E-state index in [4.69, 9.17) is 0 Å². The zero-order valence-corrected chi connectivity index (χ0v) is 16.0. The topological polar surface area (TPSA) is 67.1 Å². The molecule has 1 aliphatic heterocycles. The highest BCUT2D eigenvalue weighted by Crippen LogP contribution is 2.17. The van der Waals surface area contributed by atoms with E-state index in [9.17, 15) is 8.78 Å². The van der Waals surface area contributed by atoms with Gasteiger partial charge in [0.05, 0.1) is 6.54 Å². The zero-order chi connectivity index (χ0) is 19.4. The fourth-order valence-electron chi connectivity index (χ4n) is 3.13. The molecule has 0 radical (unpaired) electrons. The summed E-state index contributed by atoms with van der Waals surface area (Å²) in [5.41, 5.74) is 0.351. The maximum Gasteiger partial charge on any atom is 0.191 e. The molecule has 0 fully saturated rings. The first kappa shape index (κ1) is 19.3. The molecule has 6 nitrogen and oxygen atoms in total. The van der Waals surface area contributed by atoms with E-state index < -0.39 is 11.6 Å². The minimum atomic E-state index is -0.430. The highest BCUT2D eigenvalue weighted by Gasteiger charge is 2.23. The van der Waals surface area contributed by atoms with Crippen molar-refractivity contribution in [2.75, 3.05) is 13.6 Å². The van der Waals surface area contributed by atoms with Crippen LogP contribution in [-0.2, 0) is 19.4 Å². The van der Waals surface area contributed by atoms with Crippen molar-refractivity contribution in [3.8, 4) is 0 Å². The molecular formula is C19H26F2N6. The molecule has 27 heavy (non-hydrogen) atoms. The molecular weight excluding hydrogens is 350 g/mol. The molecule has 1 aromatic carbocycles. The van der Waals surface area contributed by atoms with E-state index in [0.29, 0.717) is 30.4 Å². The number of nitrogens with one attached hydrogen (secondary N) is 2. The van der Waals surface area contributed by atoms with E-state index in [2.05, 4.69) is 39.6 Å². The number of aryl methyl sites for hydroxylation is 1. The standard InChI is InChI=1S/C19H26F2N6/c1-12(2)18-25-17-7-5-15(11-27(17)26-18)24-19(22-3)23-9-8-13-10-14(20)4-6-16(13)21/h4,6,10,12,15H,5,7-9,11H2,1-3H3,(H2,22,23,24). The van der Waals surface area contributed by atoms with Gasteiger partial charge in [-0.15, -0.1) is 0 Å². The van der Waals surface area contributed by atoms with Crippen molar-refractivity contribution in [2.45, 2.75) is 51.6 Å². The number of nitrogens with zero attached hydrogens (tertiary/aromatic N) is 4. The monoisotopic (exact) mass is 376 g/mol. The van der Waals surface area contributed by atoms with Gasteiger partial charge >= 0.3 is 0 Å². The van der Waals surface area contributed by atoms with E-state index >= 15 is 0 Å². The van der Waals surface area contributed by atoms with Crippen LogP contribution in [0, 0.1) is 11.6 Å². The second kappa shape index (κ2) is 8.45. The maximum absolute atomic E-state index is 13.7. The molecule has 2 aromatic rings. The minimum Gasteiger partial charge on any atom is -0.356 e. The Balaban J connectivity index is 1.52. The summed E-state index contributed by atoms with van der Waals surface area (Å²) in [6, 6.07) is 3.70. The van der Waals surface area contributed by atoms with Gasteiger partial charge in [0.2, 0.25) is 0 Å². The number of fused-ring (bicyclic) bond motifs is 1. The highest BCUT2D eigenvalue weighted by atomic mass is 19.1. The quantitative estimate of drug-likeness (QED) is 0.621. The number of guanidine groups is 1. The number of rotatable bonds is 5. The summed E-state index contributed by atoms with van der Waals surface area (Å²) in [6.07, 6.45) is 2.18. The molecule has 0 saturated heterocycles. The van der Waals surface area contributed by atoms with Crippen molar-refractivity contribution in [3.63, 3.8) is 0 Å². The second-order valence-electron chi connectivity index (χ2n) is 7.09. The number of hydrogen-bond donors (Lipinski definition) is 2. The maximum atomic E-state index is 13.7. The lowest BCUT2D eigenvalue weighted by Gasteiger charge is -2.25. The van der Waals surface area contributed by atoms with E-state index in [-0.39, 0.29) is 6.04 Å². The summed E-state index contributed by atoms with van der Waals surface area (Å²) in [4.78, 5) is 8.82. The van der Waals surface area contributed by atoms with Gasteiger partial charge in [-0.05, 0) is 36.6 Å². The molecule has 1 unspecified atom stereocenters. The fourth-order valence-corrected chi connectivity index (χ4v) is 3.13. The lowest BCUT2D eigenvalue weighted by atomic mass is 10.1. The average molecular weight is 376 g/mol. The molecule has 1 aromatic heterocycles. The van der Waals surface area contributed by atoms with Gasteiger partial charge in [-0.1, -0.05) is 13.8 Å². The third-order valence-electron chi connectivity index (χ3n) is 4.65. The first-order chi connectivity index (χ1) is 13.0. The molecule has 0 saturated carbocycles. The first-order valence-corrected chi connectivity index (χ1v) is 9.31. The van der Waals surface area contributed by atoms with Crippen LogP contribution in [0.2, 0.25) is 0 Å². The lowest BCUT2D eigenvalue weighted by molar-refractivity contribution is 0.391. The molecule has 0 aliphatic carbocycles. The number of benzene rings is 1. The summed E-state index contributed by atoms with van der Waals surface area (Å²) in [5.74, 6) is 2.04. The van der Waals surface area contributed by atoms with E-state index in [1.165, 1.54) is 6.07 Å². The highest BCUT2D eigenvalue weighted by molar-refractivity contribution is 5.79. The third-order valence-corrected chi connectivity index (χ3v) is 4.65. The van der Waals surface area contributed by atoms with Gasteiger partial charge in [0.25, 0.3) is 0 Å². The van der Waals surface area contributed by atoms with E-state index in [1.54, 1.807) is 7.05 Å².